The van der Waals surface area contributed by atoms with Crippen LogP contribution in [0.5, 0.6) is 0 Å². The van der Waals surface area contributed by atoms with Crippen molar-refractivity contribution in [2.24, 2.45) is 11.8 Å². The van der Waals surface area contributed by atoms with Gasteiger partial charge in [-0.1, -0.05) is 0 Å². The van der Waals surface area contributed by atoms with Gasteiger partial charge in [0.15, 0.2) is 0 Å². The van der Waals surface area contributed by atoms with Crippen LogP contribution < -0.4 is 0 Å². The van der Waals surface area contributed by atoms with Crippen molar-refractivity contribution in [3.05, 3.63) is 0 Å². The fourth-order valence-electron chi connectivity index (χ4n) is 1.86. The van der Waals surface area contributed by atoms with E-state index in [-0.39, 0.29) is 18.9 Å². The molecule has 80 valence electrons. The molecule has 2 rings (SSSR count). The molecule has 14 heavy (non-hydrogen) atoms. The summed E-state index contributed by atoms with van der Waals surface area (Å²) in [7, 11) is 0. The van der Waals surface area contributed by atoms with Crippen molar-refractivity contribution in [2.75, 3.05) is 13.1 Å². The first-order chi connectivity index (χ1) is 6.48. The zero-order chi connectivity index (χ0) is 10.3. The molecule has 1 unspecified atom stereocenters. The second-order valence-electron chi connectivity index (χ2n) is 4.13. The van der Waals surface area contributed by atoms with Crippen LogP contribution in [0.1, 0.15) is 19.3 Å². The van der Waals surface area contributed by atoms with Crippen molar-refractivity contribution >= 4 is 5.84 Å². The van der Waals surface area contributed by atoms with Crippen LogP contribution in [0, 0.1) is 17.2 Å². The number of hydrogen-bond acceptors (Lipinski definition) is 1. The van der Waals surface area contributed by atoms with Gasteiger partial charge in [-0.3, -0.25) is 5.41 Å². The van der Waals surface area contributed by atoms with Gasteiger partial charge in [-0.2, -0.15) is 13.2 Å². The lowest BCUT2D eigenvalue weighted by molar-refractivity contribution is -0.169. The van der Waals surface area contributed by atoms with E-state index in [0.717, 1.165) is 12.8 Å². The maximum atomic E-state index is 12.3. The van der Waals surface area contributed by atoms with E-state index < -0.39 is 12.1 Å². The normalized spacial score (nSPS) is 28.2. The highest BCUT2D eigenvalue weighted by Crippen LogP contribution is 2.37. The maximum Gasteiger partial charge on any atom is 0.393 e. The number of hydrogen-bond donors (Lipinski definition) is 1. The summed E-state index contributed by atoms with van der Waals surface area (Å²) in [6.45, 7) is 0.401. The van der Waals surface area contributed by atoms with Gasteiger partial charge in [0.2, 0.25) is 0 Å². The molecule has 1 aliphatic heterocycles. The van der Waals surface area contributed by atoms with Gasteiger partial charge in [0.1, 0.15) is 0 Å². The fourth-order valence-corrected chi connectivity index (χ4v) is 1.86. The number of amidine groups is 1. The number of likely N-dealkylation sites (tertiary alicyclic amines) is 1. The third kappa shape index (κ3) is 1.86. The molecule has 0 amide bonds. The molecule has 1 heterocycles. The first kappa shape index (κ1) is 9.80. The molecule has 1 saturated heterocycles. The largest absolute Gasteiger partial charge is 0.393 e. The first-order valence-corrected chi connectivity index (χ1v) is 4.88. The van der Waals surface area contributed by atoms with Crippen molar-refractivity contribution in [3.63, 3.8) is 0 Å². The molecule has 5 heteroatoms. The van der Waals surface area contributed by atoms with Crippen molar-refractivity contribution in [2.45, 2.75) is 25.4 Å². The van der Waals surface area contributed by atoms with Gasteiger partial charge in [0.05, 0.1) is 11.8 Å². The Morgan fingerprint density at radius 2 is 1.86 bits per heavy atom. The fraction of sp³-hybridized carbons (Fsp3) is 0.889. The van der Waals surface area contributed by atoms with Gasteiger partial charge in [-0.15, -0.1) is 0 Å². The van der Waals surface area contributed by atoms with E-state index in [4.69, 9.17) is 5.41 Å². The smallest absolute Gasteiger partial charge is 0.360 e. The average molecular weight is 206 g/mol. The lowest BCUT2D eigenvalue weighted by Crippen LogP contribution is -2.32. The topological polar surface area (TPSA) is 27.1 Å². The molecule has 1 saturated carbocycles. The van der Waals surface area contributed by atoms with Crippen LogP contribution in [-0.4, -0.2) is 30.0 Å². The Hall–Kier alpha value is -0.740. The van der Waals surface area contributed by atoms with Crippen molar-refractivity contribution in [3.8, 4) is 0 Å². The number of nitrogens with zero attached hydrogens (tertiary/aromatic N) is 1. The third-order valence-corrected chi connectivity index (χ3v) is 2.96. The van der Waals surface area contributed by atoms with E-state index in [9.17, 15) is 13.2 Å². The standard InChI is InChI=1S/C9H13F3N2/c10-9(11,12)7-3-4-14(5-7)8(13)6-1-2-6/h6-7,13H,1-5H2. The van der Waals surface area contributed by atoms with Crippen LogP contribution in [0.4, 0.5) is 13.2 Å². The van der Waals surface area contributed by atoms with Gasteiger partial charge in [0, 0.05) is 19.0 Å². The summed E-state index contributed by atoms with van der Waals surface area (Å²) < 4.78 is 37.0. The predicted molar refractivity (Wildman–Crippen MR) is 46.2 cm³/mol. The highest BCUT2D eigenvalue weighted by atomic mass is 19.4. The zero-order valence-electron chi connectivity index (χ0n) is 7.77. The van der Waals surface area contributed by atoms with Crippen LogP contribution in [0.3, 0.4) is 0 Å². The molecular formula is C9H13F3N2. The minimum atomic E-state index is -4.08. The van der Waals surface area contributed by atoms with Crippen LogP contribution in [0.25, 0.3) is 0 Å². The Bertz CT molecular complexity index is 245. The molecule has 1 atom stereocenters. The van der Waals surface area contributed by atoms with Crippen LogP contribution in [0.2, 0.25) is 0 Å². The number of rotatable bonds is 1. The predicted octanol–water partition coefficient (Wildman–Crippen LogP) is 2.26. The van der Waals surface area contributed by atoms with E-state index in [2.05, 4.69) is 0 Å². The summed E-state index contributed by atoms with van der Waals surface area (Å²) in [5, 5.41) is 7.66. The first-order valence-electron chi connectivity index (χ1n) is 4.88. The van der Waals surface area contributed by atoms with E-state index >= 15 is 0 Å². The van der Waals surface area contributed by atoms with Gasteiger partial charge in [-0.25, -0.2) is 0 Å². The number of nitrogens with one attached hydrogen (secondary N) is 1. The van der Waals surface area contributed by atoms with Gasteiger partial charge < -0.3 is 4.90 Å². The molecule has 2 nitrogen and oxygen atoms in total. The average Bonchev–Trinajstić information content (AvgIpc) is 2.79. The molecular weight excluding hydrogens is 193 g/mol. The Labute approximate surface area is 80.6 Å². The summed E-state index contributed by atoms with van der Waals surface area (Å²) in [4.78, 5) is 1.59. The highest BCUT2D eigenvalue weighted by Gasteiger charge is 2.45. The lowest BCUT2D eigenvalue weighted by atomic mass is 10.1. The molecule has 2 aliphatic rings. The van der Waals surface area contributed by atoms with Crippen molar-refractivity contribution in [1.82, 2.24) is 4.90 Å². The molecule has 0 aromatic carbocycles. The Morgan fingerprint density at radius 1 is 1.21 bits per heavy atom. The Balaban J connectivity index is 1.91. The third-order valence-electron chi connectivity index (χ3n) is 2.96. The molecule has 0 aromatic rings. The molecule has 0 radical (unpaired) electrons. The minimum absolute atomic E-state index is 0.00116. The van der Waals surface area contributed by atoms with Crippen molar-refractivity contribution in [1.29, 1.82) is 5.41 Å². The summed E-state index contributed by atoms with van der Waals surface area (Å²) >= 11 is 0. The highest BCUT2D eigenvalue weighted by molar-refractivity contribution is 5.84. The minimum Gasteiger partial charge on any atom is -0.360 e. The molecule has 2 fully saturated rings. The van der Waals surface area contributed by atoms with Gasteiger partial charge in [0.25, 0.3) is 0 Å². The summed E-state index contributed by atoms with van der Waals surface area (Å²) in [6.07, 6.45) is -1.98. The van der Waals surface area contributed by atoms with E-state index in [1.165, 1.54) is 0 Å². The SMILES string of the molecule is N=C(C1CC1)N1CCC(C(F)(F)F)C1. The molecule has 0 bridgehead atoms. The molecule has 1 N–H and O–H groups in total. The lowest BCUT2D eigenvalue weighted by Gasteiger charge is -2.20. The Kier molecular flexibility index (Phi) is 2.20. The maximum absolute atomic E-state index is 12.3. The number of alkyl halides is 3. The van der Waals surface area contributed by atoms with Gasteiger partial charge >= 0.3 is 6.18 Å². The van der Waals surface area contributed by atoms with Crippen LogP contribution in [-0.2, 0) is 0 Å². The monoisotopic (exact) mass is 206 g/mol. The summed E-state index contributed by atoms with van der Waals surface area (Å²) in [6, 6.07) is 0. The zero-order valence-corrected chi connectivity index (χ0v) is 7.77. The molecule has 0 spiro atoms. The number of halogens is 3. The van der Waals surface area contributed by atoms with Gasteiger partial charge in [-0.05, 0) is 19.3 Å². The van der Waals surface area contributed by atoms with E-state index in [1.54, 1.807) is 4.90 Å². The molecule has 0 aromatic heterocycles. The van der Waals surface area contributed by atoms with E-state index in [1.807, 2.05) is 0 Å². The quantitative estimate of drug-likeness (QED) is 0.517. The van der Waals surface area contributed by atoms with Crippen LogP contribution in [0.15, 0.2) is 0 Å². The van der Waals surface area contributed by atoms with Crippen molar-refractivity contribution < 1.29 is 13.2 Å². The second-order valence-corrected chi connectivity index (χ2v) is 4.13. The van der Waals surface area contributed by atoms with Crippen LogP contribution >= 0.6 is 0 Å². The summed E-state index contributed by atoms with van der Waals surface area (Å²) in [5.74, 6) is -0.541. The Morgan fingerprint density at radius 3 is 2.29 bits per heavy atom. The summed E-state index contributed by atoms with van der Waals surface area (Å²) in [5.41, 5.74) is 0. The molecule has 1 aliphatic carbocycles. The second kappa shape index (κ2) is 3.14. The van der Waals surface area contributed by atoms with E-state index in [0.29, 0.717) is 12.4 Å².